The summed E-state index contributed by atoms with van der Waals surface area (Å²) in [7, 11) is 1.55. The zero-order valence-electron chi connectivity index (χ0n) is 11.8. The van der Waals surface area contributed by atoms with Crippen LogP contribution in [0.25, 0.3) is 0 Å². The molecule has 1 aromatic rings. The molecule has 5 heteroatoms. The average molecular weight is 266 g/mol. The highest BCUT2D eigenvalue weighted by atomic mass is 16.5. The van der Waals surface area contributed by atoms with Crippen molar-refractivity contribution >= 4 is 11.6 Å². The van der Waals surface area contributed by atoms with E-state index in [1.165, 1.54) is 0 Å². The molecule has 0 aromatic heterocycles. The van der Waals surface area contributed by atoms with Crippen molar-refractivity contribution in [2.24, 2.45) is 0 Å². The van der Waals surface area contributed by atoms with Crippen molar-refractivity contribution < 1.29 is 14.6 Å². The van der Waals surface area contributed by atoms with Gasteiger partial charge in [-0.3, -0.25) is 9.69 Å². The minimum absolute atomic E-state index is 0.0576. The van der Waals surface area contributed by atoms with E-state index < -0.39 is 0 Å². The molecule has 0 atom stereocenters. The summed E-state index contributed by atoms with van der Waals surface area (Å²) >= 11 is 0. The number of hydrogen-bond acceptors (Lipinski definition) is 4. The predicted molar refractivity (Wildman–Crippen MR) is 75.3 cm³/mol. The molecule has 1 rings (SSSR count). The van der Waals surface area contributed by atoms with Gasteiger partial charge < -0.3 is 15.2 Å². The largest absolute Gasteiger partial charge is 0.496 e. The van der Waals surface area contributed by atoms with Crippen molar-refractivity contribution in [2.45, 2.75) is 20.5 Å². The number of aliphatic hydroxyl groups excluding tert-OH is 1. The van der Waals surface area contributed by atoms with Crippen LogP contribution >= 0.6 is 0 Å². The summed E-state index contributed by atoms with van der Waals surface area (Å²) in [5.74, 6) is 0.557. The SMILES string of the molecule is CCN(CC)CC(=O)Nc1ccc(OC)c(CO)c1. The summed E-state index contributed by atoms with van der Waals surface area (Å²) in [6.45, 7) is 5.97. The van der Waals surface area contributed by atoms with Crippen LogP contribution in [0.5, 0.6) is 5.75 Å². The van der Waals surface area contributed by atoms with Gasteiger partial charge in [0.05, 0.1) is 20.3 Å². The number of nitrogens with one attached hydrogen (secondary N) is 1. The lowest BCUT2D eigenvalue weighted by molar-refractivity contribution is -0.117. The Morgan fingerprint density at radius 1 is 1.37 bits per heavy atom. The normalized spacial score (nSPS) is 10.6. The zero-order valence-corrected chi connectivity index (χ0v) is 11.8. The van der Waals surface area contributed by atoms with E-state index in [2.05, 4.69) is 5.32 Å². The molecular formula is C14H22N2O3. The minimum atomic E-state index is -0.122. The molecule has 1 aromatic carbocycles. The predicted octanol–water partition coefficient (Wildman–Crippen LogP) is 1.47. The second kappa shape index (κ2) is 7.76. The molecule has 0 aliphatic heterocycles. The Bertz CT molecular complexity index is 417. The molecule has 0 radical (unpaired) electrons. The van der Waals surface area contributed by atoms with Gasteiger partial charge in [-0.15, -0.1) is 0 Å². The van der Waals surface area contributed by atoms with Gasteiger partial charge in [0.15, 0.2) is 0 Å². The Morgan fingerprint density at radius 3 is 2.58 bits per heavy atom. The van der Waals surface area contributed by atoms with Crippen LogP contribution in [0.3, 0.4) is 0 Å². The monoisotopic (exact) mass is 266 g/mol. The Kier molecular flexibility index (Phi) is 6.32. The average Bonchev–Trinajstić information content (AvgIpc) is 2.44. The highest BCUT2D eigenvalue weighted by Gasteiger charge is 2.09. The van der Waals surface area contributed by atoms with Crippen molar-refractivity contribution in [3.05, 3.63) is 23.8 Å². The molecule has 0 unspecified atom stereocenters. The van der Waals surface area contributed by atoms with E-state index in [-0.39, 0.29) is 12.5 Å². The van der Waals surface area contributed by atoms with E-state index >= 15 is 0 Å². The fraction of sp³-hybridized carbons (Fsp3) is 0.500. The first-order valence-electron chi connectivity index (χ1n) is 6.44. The second-order valence-electron chi connectivity index (χ2n) is 4.19. The van der Waals surface area contributed by atoms with Crippen molar-refractivity contribution in [3.63, 3.8) is 0 Å². The number of benzene rings is 1. The smallest absolute Gasteiger partial charge is 0.238 e. The molecule has 0 bridgehead atoms. The first-order chi connectivity index (χ1) is 9.14. The Hall–Kier alpha value is -1.59. The quantitative estimate of drug-likeness (QED) is 0.784. The van der Waals surface area contributed by atoms with E-state index in [4.69, 9.17) is 4.74 Å². The lowest BCUT2D eigenvalue weighted by Gasteiger charge is -2.17. The van der Waals surface area contributed by atoms with Gasteiger partial charge in [0.1, 0.15) is 5.75 Å². The molecule has 0 saturated heterocycles. The molecule has 0 aliphatic rings. The minimum Gasteiger partial charge on any atom is -0.496 e. The highest BCUT2D eigenvalue weighted by Crippen LogP contribution is 2.22. The number of rotatable bonds is 7. The van der Waals surface area contributed by atoms with Crippen molar-refractivity contribution in [1.82, 2.24) is 4.90 Å². The number of aliphatic hydroxyl groups is 1. The van der Waals surface area contributed by atoms with E-state index in [1.807, 2.05) is 18.7 Å². The molecule has 0 saturated carbocycles. The molecule has 19 heavy (non-hydrogen) atoms. The number of amides is 1. The van der Waals surface area contributed by atoms with Gasteiger partial charge in [-0.1, -0.05) is 13.8 Å². The molecule has 106 valence electrons. The molecule has 1 amide bonds. The van der Waals surface area contributed by atoms with E-state index in [1.54, 1.807) is 25.3 Å². The lowest BCUT2D eigenvalue weighted by atomic mass is 10.2. The Balaban J connectivity index is 2.69. The van der Waals surface area contributed by atoms with Crippen molar-refractivity contribution in [2.75, 3.05) is 32.1 Å². The second-order valence-corrected chi connectivity index (χ2v) is 4.19. The molecule has 0 heterocycles. The van der Waals surface area contributed by atoms with Gasteiger partial charge in [0.25, 0.3) is 0 Å². The van der Waals surface area contributed by atoms with Gasteiger partial charge >= 0.3 is 0 Å². The summed E-state index contributed by atoms with van der Waals surface area (Å²) in [6, 6.07) is 5.22. The van der Waals surface area contributed by atoms with Crippen LogP contribution in [-0.2, 0) is 11.4 Å². The Labute approximate surface area is 114 Å². The number of anilines is 1. The third-order valence-corrected chi connectivity index (χ3v) is 3.00. The van der Waals surface area contributed by atoms with Crippen LogP contribution in [0.4, 0.5) is 5.69 Å². The van der Waals surface area contributed by atoms with Crippen molar-refractivity contribution in [3.8, 4) is 5.75 Å². The fourth-order valence-electron chi connectivity index (χ4n) is 1.83. The molecule has 0 spiro atoms. The van der Waals surface area contributed by atoms with Crippen LogP contribution in [0, 0.1) is 0 Å². The molecule has 0 fully saturated rings. The Morgan fingerprint density at radius 2 is 2.05 bits per heavy atom. The topological polar surface area (TPSA) is 61.8 Å². The number of ether oxygens (including phenoxy) is 1. The van der Waals surface area contributed by atoms with Crippen LogP contribution in [0.15, 0.2) is 18.2 Å². The number of carbonyl (C=O) groups is 1. The highest BCUT2D eigenvalue weighted by molar-refractivity contribution is 5.92. The van der Waals surface area contributed by atoms with Crippen LogP contribution in [0.1, 0.15) is 19.4 Å². The summed E-state index contributed by atoms with van der Waals surface area (Å²) in [6.07, 6.45) is 0. The van der Waals surface area contributed by atoms with E-state index in [9.17, 15) is 9.90 Å². The number of likely N-dealkylation sites (N-methyl/N-ethyl adjacent to an activating group) is 1. The molecule has 0 aliphatic carbocycles. The van der Waals surface area contributed by atoms with E-state index in [0.717, 1.165) is 13.1 Å². The summed E-state index contributed by atoms with van der Waals surface area (Å²) in [5.41, 5.74) is 1.32. The van der Waals surface area contributed by atoms with Crippen LogP contribution < -0.4 is 10.1 Å². The van der Waals surface area contributed by atoms with Gasteiger partial charge in [-0.05, 0) is 31.3 Å². The standard InChI is InChI=1S/C14H22N2O3/c1-4-16(5-2)9-14(18)15-12-6-7-13(19-3)11(8-12)10-17/h6-8,17H,4-5,9-10H2,1-3H3,(H,15,18). The third-order valence-electron chi connectivity index (χ3n) is 3.00. The summed E-state index contributed by atoms with van der Waals surface area (Å²) in [4.78, 5) is 13.9. The van der Waals surface area contributed by atoms with Crippen molar-refractivity contribution in [1.29, 1.82) is 0 Å². The summed E-state index contributed by atoms with van der Waals surface area (Å²) in [5, 5.41) is 12.0. The maximum atomic E-state index is 11.8. The molecule has 2 N–H and O–H groups in total. The van der Waals surface area contributed by atoms with Gasteiger partial charge in [0, 0.05) is 11.3 Å². The number of carbonyl (C=O) groups excluding carboxylic acids is 1. The lowest BCUT2D eigenvalue weighted by Crippen LogP contribution is -2.32. The van der Waals surface area contributed by atoms with E-state index in [0.29, 0.717) is 23.5 Å². The van der Waals surface area contributed by atoms with Gasteiger partial charge in [-0.25, -0.2) is 0 Å². The van der Waals surface area contributed by atoms with Crippen LogP contribution in [0.2, 0.25) is 0 Å². The maximum absolute atomic E-state index is 11.8. The molecular weight excluding hydrogens is 244 g/mol. The van der Waals surface area contributed by atoms with Gasteiger partial charge in [0.2, 0.25) is 5.91 Å². The zero-order chi connectivity index (χ0) is 14.3. The number of methoxy groups -OCH3 is 1. The summed E-state index contributed by atoms with van der Waals surface area (Å²) < 4.78 is 5.11. The van der Waals surface area contributed by atoms with Crippen LogP contribution in [-0.4, -0.2) is 42.7 Å². The first-order valence-corrected chi connectivity index (χ1v) is 6.44. The number of nitrogens with zero attached hydrogens (tertiary/aromatic N) is 1. The number of hydrogen-bond donors (Lipinski definition) is 2. The molecule has 5 nitrogen and oxygen atoms in total. The van der Waals surface area contributed by atoms with Gasteiger partial charge in [-0.2, -0.15) is 0 Å². The fourth-order valence-corrected chi connectivity index (χ4v) is 1.83. The third kappa shape index (κ3) is 4.54. The first kappa shape index (κ1) is 15.5. The maximum Gasteiger partial charge on any atom is 0.238 e.